The van der Waals surface area contributed by atoms with E-state index in [0.29, 0.717) is 13.1 Å². The van der Waals surface area contributed by atoms with Crippen LogP contribution in [0.2, 0.25) is 0 Å². The Hall–Kier alpha value is -2.57. The number of amides is 3. The maximum Gasteiger partial charge on any atom is 0.408 e. The lowest BCUT2D eigenvalue weighted by Gasteiger charge is -2.33. The van der Waals surface area contributed by atoms with E-state index in [1.54, 1.807) is 32.6 Å². The van der Waals surface area contributed by atoms with Crippen molar-refractivity contribution in [3.63, 3.8) is 0 Å². The van der Waals surface area contributed by atoms with Gasteiger partial charge in [-0.05, 0) is 46.1 Å². The zero-order valence-corrected chi connectivity index (χ0v) is 23.4. The summed E-state index contributed by atoms with van der Waals surface area (Å²) >= 11 is 0. The van der Waals surface area contributed by atoms with Crippen molar-refractivity contribution >= 4 is 17.9 Å². The SMILES string of the molecule is CCCCCCCCN(C(=O)C(C)NC(=O)OC(C)(C)C)C(C(=O)NCCCCC)c1ccccc1. The first-order valence-electron chi connectivity index (χ1n) is 13.7. The van der Waals surface area contributed by atoms with Gasteiger partial charge in [-0.3, -0.25) is 9.59 Å². The molecule has 0 bridgehead atoms. The van der Waals surface area contributed by atoms with Crippen LogP contribution in [-0.4, -0.2) is 47.5 Å². The second kappa shape index (κ2) is 17.0. The quantitative estimate of drug-likeness (QED) is 0.265. The predicted molar refractivity (Wildman–Crippen MR) is 146 cm³/mol. The number of nitrogens with zero attached hydrogens (tertiary/aromatic N) is 1. The largest absolute Gasteiger partial charge is 0.444 e. The maximum atomic E-state index is 13.7. The molecule has 36 heavy (non-hydrogen) atoms. The van der Waals surface area contributed by atoms with Crippen molar-refractivity contribution in [3.8, 4) is 0 Å². The monoisotopic (exact) mass is 503 g/mol. The molecule has 0 fully saturated rings. The fraction of sp³-hybridized carbons (Fsp3) is 0.690. The number of hydrogen-bond acceptors (Lipinski definition) is 4. The number of nitrogens with one attached hydrogen (secondary N) is 2. The summed E-state index contributed by atoms with van der Waals surface area (Å²) in [7, 11) is 0. The van der Waals surface area contributed by atoms with E-state index in [1.807, 2.05) is 30.3 Å². The molecule has 0 heterocycles. The fourth-order valence-corrected chi connectivity index (χ4v) is 4.02. The first-order chi connectivity index (χ1) is 17.1. The van der Waals surface area contributed by atoms with Gasteiger partial charge in [0.15, 0.2) is 0 Å². The van der Waals surface area contributed by atoms with Crippen LogP contribution in [0.25, 0.3) is 0 Å². The average molecular weight is 504 g/mol. The van der Waals surface area contributed by atoms with E-state index in [9.17, 15) is 14.4 Å². The molecule has 7 heteroatoms. The first-order valence-corrected chi connectivity index (χ1v) is 13.7. The molecule has 0 aliphatic rings. The van der Waals surface area contributed by atoms with Crippen LogP contribution in [0, 0.1) is 0 Å². The van der Waals surface area contributed by atoms with Gasteiger partial charge in [-0.15, -0.1) is 0 Å². The van der Waals surface area contributed by atoms with E-state index in [-0.39, 0.29) is 11.8 Å². The third kappa shape index (κ3) is 12.4. The van der Waals surface area contributed by atoms with Crippen LogP contribution in [0.3, 0.4) is 0 Å². The van der Waals surface area contributed by atoms with E-state index in [4.69, 9.17) is 4.74 Å². The summed E-state index contributed by atoms with van der Waals surface area (Å²) in [5.41, 5.74) is 0.0879. The van der Waals surface area contributed by atoms with Gasteiger partial charge in [-0.2, -0.15) is 0 Å². The Labute approximate surface area is 218 Å². The molecule has 0 aliphatic carbocycles. The van der Waals surface area contributed by atoms with E-state index in [1.165, 1.54) is 19.3 Å². The van der Waals surface area contributed by atoms with Crippen LogP contribution in [0.15, 0.2) is 30.3 Å². The third-order valence-corrected chi connectivity index (χ3v) is 5.89. The zero-order valence-electron chi connectivity index (χ0n) is 23.4. The standard InChI is InChI=1S/C29H49N3O4/c1-7-9-11-12-13-18-22-32(27(34)23(3)31-28(35)36-29(4,5)6)25(24-19-15-14-16-20-24)26(33)30-21-17-10-8-2/h14-16,19-20,23,25H,7-13,17-18,21-22H2,1-6H3,(H,30,33)(H,31,35). The highest BCUT2D eigenvalue weighted by Crippen LogP contribution is 2.23. The molecule has 2 unspecified atom stereocenters. The van der Waals surface area contributed by atoms with Gasteiger partial charge < -0.3 is 20.3 Å². The minimum Gasteiger partial charge on any atom is -0.444 e. The molecule has 7 nitrogen and oxygen atoms in total. The second-order valence-corrected chi connectivity index (χ2v) is 10.5. The molecule has 0 saturated heterocycles. The highest BCUT2D eigenvalue weighted by molar-refractivity contribution is 5.91. The number of ether oxygens (including phenoxy) is 1. The Kier molecular flexibility index (Phi) is 14.8. The summed E-state index contributed by atoms with van der Waals surface area (Å²) in [6, 6.07) is 7.81. The molecule has 2 atom stereocenters. The second-order valence-electron chi connectivity index (χ2n) is 10.5. The Balaban J connectivity index is 3.12. The zero-order chi connectivity index (χ0) is 27.0. The number of hydrogen-bond donors (Lipinski definition) is 2. The van der Waals surface area contributed by atoms with Gasteiger partial charge in [0, 0.05) is 13.1 Å². The van der Waals surface area contributed by atoms with Crippen molar-refractivity contribution in [3.05, 3.63) is 35.9 Å². The molecule has 1 rings (SSSR count). The molecular weight excluding hydrogens is 454 g/mol. The Bertz CT molecular complexity index is 776. The molecular formula is C29H49N3O4. The van der Waals surface area contributed by atoms with E-state index in [0.717, 1.165) is 44.1 Å². The van der Waals surface area contributed by atoms with Crippen LogP contribution >= 0.6 is 0 Å². The van der Waals surface area contributed by atoms with Gasteiger partial charge in [-0.1, -0.05) is 89.1 Å². The van der Waals surface area contributed by atoms with Crippen molar-refractivity contribution in [2.24, 2.45) is 0 Å². The van der Waals surface area contributed by atoms with Crippen molar-refractivity contribution in [2.75, 3.05) is 13.1 Å². The van der Waals surface area contributed by atoms with Crippen LogP contribution in [0.5, 0.6) is 0 Å². The predicted octanol–water partition coefficient (Wildman–Crippen LogP) is 6.14. The maximum absolute atomic E-state index is 13.7. The minimum atomic E-state index is -0.834. The average Bonchev–Trinajstić information content (AvgIpc) is 2.82. The molecule has 1 aromatic carbocycles. The van der Waals surface area contributed by atoms with E-state index < -0.39 is 23.8 Å². The molecule has 0 aliphatic heterocycles. The first kappa shape index (κ1) is 31.5. The molecule has 0 radical (unpaired) electrons. The Morgan fingerprint density at radius 3 is 2.08 bits per heavy atom. The number of rotatable bonds is 16. The normalized spacial score (nSPS) is 12.9. The van der Waals surface area contributed by atoms with Gasteiger partial charge in [0.1, 0.15) is 17.7 Å². The number of alkyl carbamates (subject to hydrolysis) is 1. The number of carbonyl (C=O) groups is 3. The minimum absolute atomic E-state index is 0.193. The van der Waals surface area contributed by atoms with Gasteiger partial charge >= 0.3 is 6.09 Å². The van der Waals surface area contributed by atoms with Crippen molar-refractivity contribution in [1.82, 2.24) is 15.5 Å². The van der Waals surface area contributed by atoms with Gasteiger partial charge in [-0.25, -0.2) is 4.79 Å². The van der Waals surface area contributed by atoms with Gasteiger partial charge in [0.05, 0.1) is 0 Å². The smallest absolute Gasteiger partial charge is 0.408 e. The summed E-state index contributed by atoms with van der Waals surface area (Å²) in [5, 5.41) is 5.69. The van der Waals surface area contributed by atoms with Crippen LogP contribution < -0.4 is 10.6 Å². The van der Waals surface area contributed by atoms with Crippen molar-refractivity contribution < 1.29 is 19.1 Å². The van der Waals surface area contributed by atoms with Crippen molar-refractivity contribution in [2.45, 2.75) is 117 Å². The Morgan fingerprint density at radius 2 is 1.47 bits per heavy atom. The molecule has 1 aromatic rings. The highest BCUT2D eigenvalue weighted by Gasteiger charge is 2.34. The van der Waals surface area contributed by atoms with E-state index in [2.05, 4.69) is 24.5 Å². The van der Waals surface area contributed by atoms with Crippen LogP contribution in [0.1, 0.15) is 111 Å². The summed E-state index contributed by atoms with van der Waals surface area (Å²) in [6.07, 6.45) is 8.76. The highest BCUT2D eigenvalue weighted by atomic mass is 16.6. The lowest BCUT2D eigenvalue weighted by Crippen LogP contribution is -2.52. The number of benzene rings is 1. The molecule has 0 saturated carbocycles. The summed E-state index contributed by atoms with van der Waals surface area (Å²) in [6.45, 7) is 12.3. The van der Waals surface area contributed by atoms with Crippen LogP contribution in [0.4, 0.5) is 4.79 Å². The van der Waals surface area contributed by atoms with E-state index >= 15 is 0 Å². The molecule has 0 aromatic heterocycles. The van der Waals surface area contributed by atoms with Gasteiger partial charge in [0.25, 0.3) is 0 Å². The summed E-state index contributed by atoms with van der Waals surface area (Å²) < 4.78 is 5.34. The fourth-order valence-electron chi connectivity index (χ4n) is 4.02. The topological polar surface area (TPSA) is 87.7 Å². The summed E-state index contributed by atoms with van der Waals surface area (Å²) in [5.74, 6) is -0.493. The molecule has 0 spiro atoms. The number of carbonyl (C=O) groups excluding carboxylic acids is 3. The van der Waals surface area contributed by atoms with Gasteiger partial charge in [0.2, 0.25) is 11.8 Å². The Morgan fingerprint density at radius 1 is 0.889 bits per heavy atom. The number of unbranched alkanes of at least 4 members (excludes halogenated alkanes) is 7. The molecule has 204 valence electrons. The lowest BCUT2D eigenvalue weighted by atomic mass is 10.0. The molecule has 2 N–H and O–H groups in total. The molecule has 3 amide bonds. The lowest BCUT2D eigenvalue weighted by molar-refractivity contribution is -0.142. The summed E-state index contributed by atoms with van der Waals surface area (Å²) in [4.78, 5) is 41.1. The van der Waals surface area contributed by atoms with Crippen molar-refractivity contribution in [1.29, 1.82) is 0 Å². The van der Waals surface area contributed by atoms with Crippen LogP contribution in [-0.2, 0) is 14.3 Å². The third-order valence-electron chi connectivity index (χ3n) is 5.89.